The number of sulfone groups is 1. The minimum Gasteiger partial charge on any atom is -0.480 e. The van der Waals surface area contributed by atoms with Gasteiger partial charge in [0.1, 0.15) is 6.54 Å². The number of hydrogen-bond acceptors (Lipinski definition) is 6. The molecule has 1 aromatic rings. The average Bonchev–Trinajstić information content (AvgIpc) is 2.47. The van der Waals surface area contributed by atoms with Crippen LogP contribution in [-0.4, -0.2) is 46.6 Å². The van der Waals surface area contributed by atoms with Crippen molar-refractivity contribution in [1.29, 1.82) is 0 Å². The smallest absolute Gasteiger partial charge is 0.323 e. The molecule has 9 heteroatoms. The molecule has 1 aromatic heterocycles. The molecule has 23 heavy (non-hydrogen) atoms. The number of nitrogens with one attached hydrogen (secondary N) is 1. The number of carbonyl (C=O) groups is 1. The SMILES string of the molecule is CS(=O)(=O)C1(CNc2nccn(CC(=O)O)c2=O)CCCCC1. The van der Waals surface area contributed by atoms with E-state index in [1.165, 1.54) is 18.6 Å². The fourth-order valence-corrected chi connectivity index (χ4v) is 4.32. The van der Waals surface area contributed by atoms with Crippen LogP contribution in [-0.2, 0) is 21.2 Å². The van der Waals surface area contributed by atoms with Crippen molar-refractivity contribution in [3.8, 4) is 0 Å². The molecule has 0 unspecified atom stereocenters. The van der Waals surface area contributed by atoms with Gasteiger partial charge in [-0.1, -0.05) is 19.3 Å². The van der Waals surface area contributed by atoms with Crippen molar-refractivity contribution in [2.24, 2.45) is 0 Å². The number of hydrogen-bond donors (Lipinski definition) is 2. The highest BCUT2D eigenvalue weighted by atomic mass is 32.2. The maximum atomic E-state index is 12.2. The van der Waals surface area contributed by atoms with Gasteiger partial charge in [0.25, 0.3) is 5.56 Å². The highest BCUT2D eigenvalue weighted by Gasteiger charge is 2.41. The van der Waals surface area contributed by atoms with Gasteiger partial charge in [0, 0.05) is 25.2 Å². The lowest BCUT2D eigenvalue weighted by Crippen LogP contribution is -2.46. The second kappa shape index (κ2) is 6.69. The quantitative estimate of drug-likeness (QED) is 0.771. The summed E-state index contributed by atoms with van der Waals surface area (Å²) in [6.07, 6.45) is 7.60. The van der Waals surface area contributed by atoms with Gasteiger partial charge in [-0.15, -0.1) is 0 Å². The van der Waals surface area contributed by atoms with Gasteiger partial charge in [0.15, 0.2) is 15.7 Å². The standard InChI is InChI=1S/C14H21N3O5S/c1-23(21,22)14(5-3-2-4-6-14)10-16-12-13(20)17(8-7-15-12)9-11(18)19/h7-8H,2-6,9-10H2,1H3,(H,15,16)(H,18,19). The summed E-state index contributed by atoms with van der Waals surface area (Å²) in [6.45, 7) is -0.363. The normalized spacial score (nSPS) is 17.6. The third kappa shape index (κ3) is 3.90. The van der Waals surface area contributed by atoms with Crippen LogP contribution in [0.5, 0.6) is 0 Å². The van der Waals surface area contributed by atoms with Crippen LogP contribution in [0.2, 0.25) is 0 Å². The molecule has 0 aliphatic heterocycles. The van der Waals surface area contributed by atoms with Crippen LogP contribution < -0.4 is 10.9 Å². The van der Waals surface area contributed by atoms with E-state index in [0.717, 1.165) is 23.8 Å². The minimum absolute atomic E-state index is 0.0256. The van der Waals surface area contributed by atoms with Gasteiger partial charge in [-0.2, -0.15) is 0 Å². The van der Waals surface area contributed by atoms with Crippen LogP contribution in [0, 0.1) is 0 Å². The predicted molar refractivity (Wildman–Crippen MR) is 85.3 cm³/mol. The molecule has 2 rings (SSSR count). The van der Waals surface area contributed by atoms with E-state index < -0.39 is 32.7 Å². The summed E-state index contributed by atoms with van der Waals surface area (Å²) in [5, 5.41) is 11.6. The van der Waals surface area contributed by atoms with Crippen molar-refractivity contribution >= 4 is 21.6 Å². The van der Waals surface area contributed by atoms with Crippen LogP contribution in [0.1, 0.15) is 32.1 Å². The number of carboxylic acids is 1. The molecule has 1 fully saturated rings. The fourth-order valence-electron chi connectivity index (χ4n) is 2.96. The van der Waals surface area contributed by atoms with Crippen LogP contribution in [0.3, 0.4) is 0 Å². The van der Waals surface area contributed by atoms with Crippen LogP contribution in [0.25, 0.3) is 0 Å². The molecule has 1 saturated carbocycles. The summed E-state index contributed by atoms with van der Waals surface area (Å²) in [4.78, 5) is 26.8. The van der Waals surface area contributed by atoms with Gasteiger partial charge in [0.05, 0.1) is 4.75 Å². The summed E-state index contributed by atoms with van der Waals surface area (Å²) in [5.74, 6) is -1.16. The molecule has 0 saturated heterocycles. The molecule has 0 bridgehead atoms. The molecule has 128 valence electrons. The second-order valence-corrected chi connectivity index (χ2v) is 8.38. The largest absolute Gasteiger partial charge is 0.480 e. The summed E-state index contributed by atoms with van der Waals surface area (Å²) in [5.41, 5.74) is -0.575. The summed E-state index contributed by atoms with van der Waals surface area (Å²) in [6, 6.07) is 0. The summed E-state index contributed by atoms with van der Waals surface area (Å²) < 4.78 is 24.5. The zero-order valence-corrected chi connectivity index (χ0v) is 13.8. The van der Waals surface area contributed by atoms with Gasteiger partial charge in [-0.25, -0.2) is 13.4 Å². The van der Waals surface area contributed by atoms with Crippen molar-refractivity contribution in [2.45, 2.75) is 43.4 Å². The van der Waals surface area contributed by atoms with E-state index in [1.54, 1.807) is 0 Å². The highest BCUT2D eigenvalue weighted by Crippen LogP contribution is 2.34. The van der Waals surface area contributed by atoms with Gasteiger partial charge in [-0.3, -0.25) is 14.2 Å². The van der Waals surface area contributed by atoms with E-state index in [1.807, 2.05) is 0 Å². The monoisotopic (exact) mass is 343 g/mol. The molecule has 1 aliphatic carbocycles. The van der Waals surface area contributed by atoms with E-state index in [9.17, 15) is 18.0 Å². The molecule has 1 aliphatic rings. The molecule has 0 radical (unpaired) electrons. The lowest BCUT2D eigenvalue weighted by atomic mass is 9.88. The lowest BCUT2D eigenvalue weighted by Gasteiger charge is -2.35. The Bertz CT molecular complexity index is 735. The van der Waals surface area contributed by atoms with Crippen molar-refractivity contribution in [3.63, 3.8) is 0 Å². The number of anilines is 1. The van der Waals surface area contributed by atoms with Gasteiger partial charge < -0.3 is 10.4 Å². The van der Waals surface area contributed by atoms with E-state index in [4.69, 9.17) is 5.11 Å². The molecule has 0 spiro atoms. The van der Waals surface area contributed by atoms with Gasteiger partial charge in [0.2, 0.25) is 0 Å². The highest BCUT2D eigenvalue weighted by molar-refractivity contribution is 7.92. The molecule has 0 aromatic carbocycles. The second-order valence-electron chi connectivity index (χ2n) is 5.97. The van der Waals surface area contributed by atoms with Crippen LogP contribution >= 0.6 is 0 Å². The first-order chi connectivity index (χ1) is 10.8. The molecule has 1 heterocycles. The molecule has 2 N–H and O–H groups in total. The molecular formula is C14H21N3O5S. The average molecular weight is 343 g/mol. The first-order valence-corrected chi connectivity index (χ1v) is 9.35. The lowest BCUT2D eigenvalue weighted by molar-refractivity contribution is -0.137. The number of aliphatic carboxylic acids is 1. The first kappa shape index (κ1) is 17.5. The third-order valence-corrected chi connectivity index (χ3v) is 6.47. The number of rotatable bonds is 6. The zero-order chi connectivity index (χ0) is 17.1. The maximum absolute atomic E-state index is 12.2. The Kier molecular flexibility index (Phi) is 5.08. The van der Waals surface area contributed by atoms with Crippen LogP contribution in [0.15, 0.2) is 17.2 Å². The Balaban J connectivity index is 2.22. The van der Waals surface area contributed by atoms with E-state index in [-0.39, 0.29) is 12.4 Å². The van der Waals surface area contributed by atoms with Crippen molar-refractivity contribution in [1.82, 2.24) is 9.55 Å². The molecule has 0 atom stereocenters. The molecular weight excluding hydrogens is 322 g/mol. The Labute approximate surface area is 134 Å². The Hall–Kier alpha value is -1.90. The molecule has 8 nitrogen and oxygen atoms in total. The Morgan fingerprint density at radius 2 is 2.04 bits per heavy atom. The first-order valence-electron chi connectivity index (χ1n) is 7.46. The minimum atomic E-state index is -3.29. The van der Waals surface area contributed by atoms with Crippen molar-refractivity contribution in [2.75, 3.05) is 18.1 Å². The Morgan fingerprint density at radius 1 is 1.39 bits per heavy atom. The molecule has 0 amide bonds. The van der Waals surface area contributed by atoms with Crippen molar-refractivity contribution < 1.29 is 18.3 Å². The van der Waals surface area contributed by atoms with Crippen LogP contribution in [0.4, 0.5) is 5.82 Å². The van der Waals surface area contributed by atoms with E-state index in [0.29, 0.717) is 12.8 Å². The topological polar surface area (TPSA) is 118 Å². The number of carboxylic acid groups (broad SMARTS) is 1. The Morgan fingerprint density at radius 3 is 2.61 bits per heavy atom. The summed E-state index contributed by atoms with van der Waals surface area (Å²) in [7, 11) is -3.29. The number of nitrogens with zero attached hydrogens (tertiary/aromatic N) is 2. The third-order valence-electron chi connectivity index (χ3n) is 4.35. The predicted octanol–water partition coefficient (Wildman–Crippen LogP) is 0.487. The van der Waals surface area contributed by atoms with E-state index >= 15 is 0 Å². The van der Waals surface area contributed by atoms with E-state index in [2.05, 4.69) is 10.3 Å². The number of aromatic nitrogens is 2. The fraction of sp³-hybridized carbons (Fsp3) is 0.643. The summed E-state index contributed by atoms with van der Waals surface area (Å²) >= 11 is 0. The van der Waals surface area contributed by atoms with Crippen molar-refractivity contribution in [3.05, 3.63) is 22.7 Å². The zero-order valence-electron chi connectivity index (χ0n) is 13.0. The van der Waals surface area contributed by atoms with Gasteiger partial charge in [-0.05, 0) is 12.8 Å². The van der Waals surface area contributed by atoms with Gasteiger partial charge >= 0.3 is 5.97 Å². The maximum Gasteiger partial charge on any atom is 0.323 e.